The van der Waals surface area contributed by atoms with Crippen LogP contribution in [0.3, 0.4) is 0 Å². The molecular formula is C17H25N3O3. The number of rotatable bonds is 7. The molecule has 3 amide bonds. The van der Waals surface area contributed by atoms with Gasteiger partial charge < -0.3 is 16.4 Å². The molecule has 2 atom stereocenters. The van der Waals surface area contributed by atoms with E-state index in [-0.39, 0.29) is 11.8 Å². The van der Waals surface area contributed by atoms with Gasteiger partial charge in [0, 0.05) is 13.3 Å². The summed E-state index contributed by atoms with van der Waals surface area (Å²) < 4.78 is 0. The van der Waals surface area contributed by atoms with E-state index in [9.17, 15) is 14.4 Å². The second kappa shape index (κ2) is 8.31. The van der Waals surface area contributed by atoms with Crippen molar-refractivity contribution in [2.75, 3.05) is 0 Å². The molecule has 0 aliphatic carbocycles. The van der Waals surface area contributed by atoms with Crippen molar-refractivity contribution in [3.8, 4) is 0 Å². The number of hydrogen-bond acceptors (Lipinski definition) is 3. The van der Waals surface area contributed by atoms with Gasteiger partial charge in [-0.1, -0.05) is 43.7 Å². The van der Waals surface area contributed by atoms with E-state index in [1.165, 1.54) is 6.92 Å². The molecule has 0 saturated carbocycles. The van der Waals surface area contributed by atoms with Crippen LogP contribution in [-0.4, -0.2) is 29.8 Å². The standard InChI is InChI=1S/C17H25N3O3/c1-10(2)15(19-12(4)21)17(23)20-14(16(18)22)9-13-7-5-11(3)6-8-13/h5-8,10,14-15H,9H2,1-4H3,(H2,18,22)(H,19,21)(H,20,23)/t14-,15-/m1/s1. The minimum absolute atomic E-state index is 0.105. The third-order valence-electron chi connectivity index (χ3n) is 3.53. The molecule has 0 unspecified atom stereocenters. The second-order valence-corrected chi connectivity index (χ2v) is 6.08. The number of aryl methyl sites for hydroxylation is 1. The zero-order valence-corrected chi connectivity index (χ0v) is 14.1. The van der Waals surface area contributed by atoms with Crippen LogP contribution in [0.15, 0.2) is 24.3 Å². The average molecular weight is 319 g/mol. The van der Waals surface area contributed by atoms with Gasteiger partial charge in [0.25, 0.3) is 0 Å². The summed E-state index contributed by atoms with van der Waals surface area (Å²) in [4.78, 5) is 35.2. The Bertz CT molecular complexity index is 567. The lowest BCUT2D eigenvalue weighted by Gasteiger charge is -2.24. The van der Waals surface area contributed by atoms with Crippen molar-refractivity contribution in [3.63, 3.8) is 0 Å². The van der Waals surface area contributed by atoms with Crippen LogP contribution in [0.4, 0.5) is 0 Å². The molecule has 23 heavy (non-hydrogen) atoms. The van der Waals surface area contributed by atoms with Gasteiger partial charge >= 0.3 is 0 Å². The van der Waals surface area contributed by atoms with Gasteiger partial charge in [-0.2, -0.15) is 0 Å². The van der Waals surface area contributed by atoms with E-state index in [2.05, 4.69) is 10.6 Å². The molecule has 0 heterocycles. The third kappa shape index (κ3) is 6.10. The summed E-state index contributed by atoms with van der Waals surface area (Å²) in [6.45, 7) is 6.96. The topological polar surface area (TPSA) is 101 Å². The normalized spacial score (nSPS) is 13.3. The zero-order chi connectivity index (χ0) is 17.6. The Morgan fingerprint density at radius 1 is 1.09 bits per heavy atom. The van der Waals surface area contributed by atoms with Crippen LogP contribution in [0.1, 0.15) is 31.9 Å². The molecule has 0 fully saturated rings. The molecule has 0 bridgehead atoms. The lowest BCUT2D eigenvalue weighted by Crippen LogP contribution is -2.55. The van der Waals surface area contributed by atoms with Crippen molar-refractivity contribution >= 4 is 17.7 Å². The Kier molecular flexibility index (Phi) is 6.75. The maximum Gasteiger partial charge on any atom is 0.243 e. The van der Waals surface area contributed by atoms with Gasteiger partial charge in [0.15, 0.2) is 0 Å². The average Bonchev–Trinajstić information content (AvgIpc) is 2.45. The molecule has 1 rings (SSSR count). The highest BCUT2D eigenvalue weighted by Gasteiger charge is 2.27. The van der Waals surface area contributed by atoms with Crippen LogP contribution in [0.2, 0.25) is 0 Å². The van der Waals surface area contributed by atoms with Crippen molar-refractivity contribution in [1.82, 2.24) is 10.6 Å². The predicted octanol–water partition coefficient (Wildman–Crippen LogP) is 0.668. The number of carbonyl (C=O) groups excluding carboxylic acids is 3. The Morgan fingerprint density at radius 2 is 1.65 bits per heavy atom. The summed E-state index contributed by atoms with van der Waals surface area (Å²) in [7, 11) is 0. The van der Waals surface area contributed by atoms with E-state index in [4.69, 9.17) is 5.73 Å². The van der Waals surface area contributed by atoms with Crippen molar-refractivity contribution in [2.45, 2.75) is 46.2 Å². The highest BCUT2D eigenvalue weighted by molar-refractivity contribution is 5.91. The summed E-state index contributed by atoms with van der Waals surface area (Å²) in [6.07, 6.45) is 0.312. The van der Waals surface area contributed by atoms with E-state index in [0.29, 0.717) is 6.42 Å². The fourth-order valence-electron chi connectivity index (χ4n) is 2.20. The maximum absolute atomic E-state index is 12.3. The minimum atomic E-state index is -0.819. The van der Waals surface area contributed by atoms with Gasteiger partial charge in [-0.3, -0.25) is 14.4 Å². The molecule has 6 heteroatoms. The Morgan fingerprint density at radius 3 is 2.09 bits per heavy atom. The second-order valence-electron chi connectivity index (χ2n) is 6.08. The van der Waals surface area contributed by atoms with Gasteiger partial charge in [-0.05, 0) is 18.4 Å². The third-order valence-corrected chi connectivity index (χ3v) is 3.53. The lowest BCUT2D eigenvalue weighted by atomic mass is 10.0. The van der Waals surface area contributed by atoms with E-state index in [1.807, 2.05) is 45.0 Å². The molecule has 4 N–H and O–H groups in total. The van der Waals surface area contributed by atoms with Gasteiger partial charge in [-0.15, -0.1) is 0 Å². The first kappa shape index (κ1) is 18.7. The molecule has 0 aromatic heterocycles. The first-order valence-corrected chi connectivity index (χ1v) is 7.63. The molecule has 1 aromatic carbocycles. The molecule has 0 aliphatic rings. The van der Waals surface area contributed by atoms with Crippen LogP contribution in [0, 0.1) is 12.8 Å². The number of primary amides is 1. The smallest absolute Gasteiger partial charge is 0.243 e. The molecule has 126 valence electrons. The van der Waals surface area contributed by atoms with E-state index in [1.54, 1.807) is 0 Å². The lowest BCUT2D eigenvalue weighted by molar-refractivity contribution is -0.131. The quantitative estimate of drug-likeness (QED) is 0.688. The van der Waals surface area contributed by atoms with Crippen LogP contribution >= 0.6 is 0 Å². The van der Waals surface area contributed by atoms with Crippen molar-refractivity contribution in [2.24, 2.45) is 11.7 Å². The monoisotopic (exact) mass is 319 g/mol. The number of nitrogens with one attached hydrogen (secondary N) is 2. The molecule has 1 aromatic rings. The SMILES string of the molecule is CC(=O)N[C@@H](C(=O)N[C@H](Cc1ccc(C)cc1)C(N)=O)C(C)C. The molecular weight excluding hydrogens is 294 g/mol. The van der Waals surface area contributed by atoms with Crippen LogP contribution in [0.25, 0.3) is 0 Å². The summed E-state index contributed by atoms with van der Waals surface area (Å²) in [6, 6.07) is 6.14. The summed E-state index contributed by atoms with van der Waals surface area (Å²) in [5.74, 6) is -1.42. The van der Waals surface area contributed by atoms with Crippen LogP contribution in [0.5, 0.6) is 0 Å². The first-order chi connectivity index (χ1) is 10.7. The van der Waals surface area contributed by atoms with Gasteiger partial charge in [0.2, 0.25) is 17.7 Å². The molecule has 0 radical (unpaired) electrons. The zero-order valence-electron chi connectivity index (χ0n) is 14.1. The van der Waals surface area contributed by atoms with E-state index in [0.717, 1.165) is 11.1 Å². The predicted molar refractivity (Wildman–Crippen MR) is 88.5 cm³/mol. The Labute approximate surface area is 136 Å². The Hall–Kier alpha value is -2.37. The van der Waals surface area contributed by atoms with Gasteiger partial charge in [0.1, 0.15) is 12.1 Å². The fourth-order valence-corrected chi connectivity index (χ4v) is 2.20. The molecule has 0 spiro atoms. The first-order valence-electron chi connectivity index (χ1n) is 7.63. The van der Waals surface area contributed by atoms with Gasteiger partial charge in [0.05, 0.1) is 0 Å². The van der Waals surface area contributed by atoms with Crippen LogP contribution < -0.4 is 16.4 Å². The summed E-state index contributed by atoms with van der Waals surface area (Å²) in [5, 5.41) is 5.23. The van der Waals surface area contributed by atoms with Gasteiger partial charge in [-0.25, -0.2) is 0 Å². The molecule has 6 nitrogen and oxygen atoms in total. The van der Waals surface area contributed by atoms with E-state index < -0.39 is 23.9 Å². The van der Waals surface area contributed by atoms with Crippen LogP contribution in [-0.2, 0) is 20.8 Å². The summed E-state index contributed by atoms with van der Waals surface area (Å²) >= 11 is 0. The highest BCUT2D eigenvalue weighted by atomic mass is 16.2. The summed E-state index contributed by atoms with van der Waals surface area (Å²) in [5.41, 5.74) is 7.41. The Balaban J connectivity index is 2.81. The molecule has 0 saturated heterocycles. The number of benzene rings is 1. The minimum Gasteiger partial charge on any atom is -0.368 e. The maximum atomic E-state index is 12.3. The van der Waals surface area contributed by atoms with E-state index >= 15 is 0 Å². The number of amides is 3. The number of nitrogens with two attached hydrogens (primary N) is 1. The van der Waals surface area contributed by atoms with Crippen molar-refractivity contribution in [1.29, 1.82) is 0 Å². The highest BCUT2D eigenvalue weighted by Crippen LogP contribution is 2.08. The largest absolute Gasteiger partial charge is 0.368 e. The van der Waals surface area contributed by atoms with Crippen molar-refractivity contribution < 1.29 is 14.4 Å². The van der Waals surface area contributed by atoms with Crippen molar-refractivity contribution in [3.05, 3.63) is 35.4 Å². The fraction of sp³-hybridized carbons (Fsp3) is 0.471. The number of carbonyl (C=O) groups is 3. The number of hydrogen-bond donors (Lipinski definition) is 3. The molecule has 0 aliphatic heterocycles.